The summed E-state index contributed by atoms with van der Waals surface area (Å²) in [4.78, 5) is 4.46. The largest absolute Gasteiger partial charge is 0.440 e. The van der Waals surface area contributed by atoms with Crippen molar-refractivity contribution in [3.8, 4) is 0 Å². The van der Waals surface area contributed by atoms with Gasteiger partial charge in [0.1, 0.15) is 0 Å². The van der Waals surface area contributed by atoms with Crippen LogP contribution in [-0.2, 0) is 11.2 Å². The molecule has 2 nitrogen and oxygen atoms in total. The van der Waals surface area contributed by atoms with E-state index < -0.39 is 5.85 Å². The molecule has 1 atom stereocenters. The zero-order chi connectivity index (χ0) is 13.3. The van der Waals surface area contributed by atoms with E-state index in [-0.39, 0.29) is 6.42 Å². The zero-order valence-electron chi connectivity index (χ0n) is 10.6. The number of hydrogen-bond donors (Lipinski definition) is 0. The van der Waals surface area contributed by atoms with Crippen molar-refractivity contribution in [2.45, 2.75) is 19.2 Å². The Morgan fingerprint density at radius 3 is 2.53 bits per heavy atom. The molecule has 3 heteroatoms. The number of rotatable bonds is 1. The van der Waals surface area contributed by atoms with Crippen LogP contribution in [0.15, 0.2) is 59.6 Å². The van der Waals surface area contributed by atoms with Crippen molar-refractivity contribution < 1.29 is 9.13 Å². The lowest BCUT2D eigenvalue weighted by Gasteiger charge is -2.20. The molecule has 1 aliphatic heterocycles. The third-order valence-corrected chi connectivity index (χ3v) is 3.05. The Balaban J connectivity index is 2.12. The van der Waals surface area contributed by atoms with Gasteiger partial charge in [0.2, 0.25) is 5.90 Å². The average Bonchev–Trinajstić information content (AvgIpc) is 2.54. The van der Waals surface area contributed by atoms with Crippen molar-refractivity contribution in [2.75, 3.05) is 0 Å². The fourth-order valence-electron chi connectivity index (χ4n) is 2.18. The summed E-state index contributed by atoms with van der Waals surface area (Å²) in [7, 11) is 0. The molecule has 19 heavy (non-hydrogen) atoms. The van der Waals surface area contributed by atoms with Gasteiger partial charge in [0.25, 0.3) is 5.85 Å². The highest BCUT2D eigenvalue weighted by molar-refractivity contribution is 5.96. The van der Waals surface area contributed by atoms with Gasteiger partial charge in [-0.25, -0.2) is 4.99 Å². The second-order valence-corrected chi connectivity index (χ2v) is 4.79. The molecule has 0 fully saturated rings. The number of alkyl halides is 1. The number of nitrogens with zero attached hydrogens (tertiary/aromatic N) is 1. The monoisotopic (exact) mass is 255 g/mol. The smallest absolute Gasteiger partial charge is 0.251 e. The summed E-state index contributed by atoms with van der Waals surface area (Å²) >= 11 is 0. The second-order valence-electron chi connectivity index (χ2n) is 4.79. The van der Waals surface area contributed by atoms with Crippen LogP contribution in [0.5, 0.6) is 0 Å². The Kier molecular flexibility index (Phi) is 2.82. The predicted molar refractivity (Wildman–Crippen MR) is 73.4 cm³/mol. The molecule has 0 spiro atoms. The molecular formula is C16H14FNO. The summed E-state index contributed by atoms with van der Waals surface area (Å²) < 4.78 is 19.9. The van der Waals surface area contributed by atoms with E-state index in [1.807, 2.05) is 54.6 Å². The van der Waals surface area contributed by atoms with Gasteiger partial charge in [0.05, 0.1) is 5.69 Å². The summed E-state index contributed by atoms with van der Waals surface area (Å²) in [5.41, 5.74) is 2.41. The summed E-state index contributed by atoms with van der Waals surface area (Å²) in [5.74, 6) is -1.42. The molecule has 0 unspecified atom stereocenters. The Hall–Kier alpha value is -2.16. The van der Waals surface area contributed by atoms with E-state index in [4.69, 9.17) is 4.74 Å². The lowest BCUT2D eigenvalue weighted by atomic mass is 10.1. The molecule has 0 saturated heterocycles. The number of aliphatic imine (C=N–C) groups is 1. The molecule has 2 aromatic carbocycles. The van der Waals surface area contributed by atoms with Crippen molar-refractivity contribution in [1.29, 1.82) is 0 Å². The molecule has 1 aliphatic rings. The van der Waals surface area contributed by atoms with Crippen LogP contribution in [0.1, 0.15) is 18.1 Å². The minimum atomic E-state index is -1.75. The Morgan fingerprint density at radius 1 is 1.05 bits per heavy atom. The molecule has 0 saturated carbocycles. The van der Waals surface area contributed by atoms with E-state index in [9.17, 15) is 4.39 Å². The standard InChI is InChI=1S/C16H14FNO/c1-16(17)11-13-9-5-6-10-14(13)18-15(19-16)12-7-3-2-4-8-12/h2-10H,11H2,1H3/t16-/m1/s1. The quantitative estimate of drug-likeness (QED) is 0.754. The summed E-state index contributed by atoms with van der Waals surface area (Å²) in [6.07, 6.45) is 0.197. The first-order valence-electron chi connectivity index (χ1n) is 6.24. The molecule has 0 N–H and O–H groups in total. The molecule has 0 aromatic heterocycles. The van der Waals surface area contributed by atoms with E-state index >= 15 is 0 Å². The maximum absolute atomic E-state index is 14.4. The van der Waals surface area contributed by atoms with Crippen LogP contribution in [-0.4, -0.2) is 11.8 Å². The van der Waals surface area contributed by atoms with Gasteiger partial charge in [-0.3, -0.25) is 0 Å². The number of halogens is 1. The van der Waals surface area contributed by atoms with E-state index in [1.54, 1.807) is 0 Å². The van der Waals surface area contributed by atoms with E-state index in [2.05, 4.69) is 4.99 Å². The lowest BCUT2D eigenvalue weighted by molar-refractivity contribution is -0.0528. The second kappa shape index (κ2) is 4.50. The highest BCUT2D eigenvalue weighted by Gasteiger charge is 2.31. The summed E-state index contributed by atoms with van der Waals surface area (Å²) in [5, 5.41) is 0. The van der Waals surface area contributed by atoms with Gasteiger partial charge < -0.3 is 4.74 Å². The van der Waals surface area contributed by atoms with Gasteiger partial charge >= 0.3 is 0 Å². The van der Waals surface area contributed by atoms with E-state index in [1.165, 1.54) is 6.92 Å². The number of benzene rings is 2. The topological polar surface area (TPSA) is 21.6 Å². The molecular weight excluding hydrogens is 241 g/mol. The van der Waals surface area contributed by atoms with Crippen molar-refractivity contribution >= 4 is 11.6 Å². The third kappa shape index (κ3) is 2.50. The molecule has 2 aromatic rings. The Labute approximate surface area is 111 Å². The zero-order valence-corrected chi connectivity index (χ0v) is 10.6. The van der Waals surface area contributed by atoms with Crippen LogP contribution in [0, 0.1) is 0 Å². The highest BCUT2D eigenvalue weighted by atomic mass is 19.2. The molecule has 96 valence electrons. The van der Waals surface area contributed by atoms with Crippen molar-refractivity contribution in [1.82, 2.24) is 0 Å². The number of para-hydroxylation sites is 1. The van der Waals surface area contributed by atoms with Crippen LogP contribution in [0.2, 0.25) is 0 Å². The van der Waals surface area contributed by atoms with Gasteiger partial charge in [0.15, 0.2) is 0 Å². The van der Waals surface area contributed by atoms with Crippen molar-refractivity contribution in [3.05, 3.63) is 65.7 Å². The van der Waals surface area contributed by atoms with Crippen LogP contribution in [0.25, 0.3) is 0 Å². The normalized spacial score (nSPS) is 21.9. The molecule has 0 bridgehead atoms. The summed E-state index contributed by atoms with van der Waals surface area (Å²) in [6.45, 7) is 1.44. The van der Waals surface area contributed by atoms with Crippen LogP contribution < -0.4 is 0 Å². The van der Waals surface area contributed by atoms with Gasteiger partial charge in [-0.2, -0.15) is 4.39 Å². The van der Waals surface area contributed by atoms with Crippen LogP contribution >= 0.6 is 0 Å². The average molecular weight is 255 g/mol. The Bertz CT molecular complexity index is 620. The first-order valence-corrected chi connectivity index (χ1v) is 6.24. The van der Waals surface area contributed by atoms with E-state index in [0.717, 1.165) is 16.8 Å². The first kappa shape index (κ1) is 11.9. The highest BCUT2D eigenvalue weighted by Crippen LogP contribution is 2.31. The molecule has 1 heterocycles. The van der Waals surface area contributed by atoms with Crippen LogP contribution in [0.4, 0.5) is 10.1 Å². The van der Waals surface area contributed by atoms with E-state index in [0.29, 0.717) is 5.90 Å². The maximum atomic E-state index is 14.4. The number of fused-ring (bicyclic) bond motifs is 1. The van der Waals surface area contributed by atoms with Gasteiger partial charge in [0, 0.05) is 18.9 Å². The van der Waals surface area contributed by atoms with Gasteiger partial charge in [-0.15, -0.1) is 0 Å². The minimum absolute atomic E-state index is 0.197. The minimum Gasteiger partial charge on any atom is -0.440 e. The SMILES string of the molecule is C[C@]1(F)Cc2ccccc2N=C(c2ccccc2)O1. The lowest BCUT2D eigenvalue weighted by Crippen LogP contribution is -2.28. The first-order chi connectivity index (χ1) is 9.14. The fraction of sp³-hybridized carbons (Fsp3) is 0.188. The molecule has 0 radical (unpaired) electrons. The third-order valence-electron chi connectivity index (χ3n) is 3.05. The molecule has 0 aliphatic carbocycles. The summed E-state index contributed by atoms with van der Waals surface area (Å²) in [6, 6.07) is 16.9. The predicted octanol–water partition coefficient (Wildman–Crippen LogP) is 4.02. The van der Waals surface area contributed by atoms with Crippen LogP contribution in [0.3, 0.4) is 0 Å². The number of hydrogen-bond acceptors (Lipinski definition) is 2. The Morgan fingerprint density at radius 2 is 1.74 bits per heavy atom. The van der Waals surface area contributed by atoms with Crippen molar-refractivity contribution in [2.24, 2.45) is 4.99 Å². The number of ether oxygens (including phenoxy) is 1. The molecule has 0 amide bonds. The maximum Gasteiger partial charge on any atom is 0.251 e. The van der Waals surface area contributed by atoms with Crippen molar-refractivity contribution in [3.63, 3.8) is 0 Å². The van der Waals surface area contributed by atoms with Gasteiger partial charge in [-0.05, 0) is 23.8 Å². The fourth-order valence-corrected chi connectivity index (χ4v) is 2.18. The molecule has 3 rings (SSSR count). The van der Waals surface area contributed by atoms with Gasteiger partial charge in [-0.1, -0.05) is 36.4 Å².